The van der Waals surface area contributed by atoms with Gasteiger partial charge >= 0.3 is 0 Å². The number of carbonyl (C=O) groups is 1. The highest BCUT2D eigenvalue weighted by Crippen LogP contribution is 2.19. The molecule has 0 saturated heterocycles. The highest BCUT2D eigenvalue weighted by molar-refractivity contribution is 5.78. The molecule has 6 heteroatoms. The molecule has 96 valence electrons. The van der Waals surface area contributed by atoms with E-state index in [1.54, 1.807) is 0 Å². The third-order valence-corrected chi connectivity index (χ3v) is 2.84. The van der Waals surface area contributed by atoms with Crippen LogP contribution in [0.15, 0.2) is 18.2 Å². The molecule has 1 aromatic heterocycles. The van der Waals surface area contributed by atoms with E-state index in [2.05, 4.69) is 9.97 Å². The van der Waals surface area contributed by atoms with Crippen molar-refractivity contribution in [2.45, 2.75) is 19.4 Å². The van der Waals surface area contributed by atoms with Crippen molar-refractivity contribution in [2.24, 2.45) is 11.6 Å². The summed E-state index contributed by atoms with van der Waals surface area (Å²) in [5, 5.41) is 1.05. The molecule has 0 aliphatic carbocycles. The van der Waals surface area contributed by atoms with Crippen LogP contribution in [-0.2, 0) is 4.79 Å². The van der Waals surface area contributed by atoms with Crippen LogP contribution in [0.1, 0.15) is 23.9 Å². The minimum atomic E-state index is -0.364. The molecule has 1 unspecified atom stereocenters. The number of hydrazine groups is 1. The van der Waals surface area contributed by atoms with Crippen LogP contribution < -0.4 is 11.6 Å². The fourth-order valence-electron chi connectivity index (χ4n) is 1.84. The monoisotopic (exact) mass is 247 g/mol. The van der Waals surface area contributed by atoms with Crippen LogP contribution in [0.2, 0.25) is 0 Å². The van der Waals surface area contributed by atoms with Gasteiger partial charge in [0.15, 0.2) is 0 Å². The number of aromatic amines is 1. The predicted octanol–water partition coefficient (Wildman–Crippen LogP) is 0.593. The van der Waals surface area contributed by atoms with Crippen molar-refractivity contribution in [3.8, 4) is 0 Å². The molecule has 1 amide bonds. The SMILES string of the molecule is Cc1nc2ccc(C(N)CC(=O)N(C)N)cc2[nH]1. The summed E-state index contributed by atoms with van der Waals surface area (Å²) in [6.45, 7) is 1.90. The molecule has 18 heavy (non-hydrogen) atoms. The van der Waals surface area contributed by atoms with Crippen LogP contribution in [0, 0.1) is 6.92 Å². The van der Waals surface area contributed by atoms with Crippen molar-refractivity contribution in [1.29, 1.82) is 0 Å². The Bertz CT molecular complexity index is 575. The molecule has 0 saturated carbocycles. The standard InChI is InChI=1S/C12H17N5O/c1-7-15-10-4-3-8(5-11(10)16-7)9(13)6-12(18)17(2)14/h3-5,9H,6,13-14H2,1-2H3,(H,15,16). The Morgan fingerprint density at radius 2 is 2.28 bits per heavy atom. The molecule has 1 aromatic carbocycles. The zero-order valence-electron chi connectivity index (χ0n) is 10.5. The quantitative estimate of drug-likeness (QED) is 0.420. The number of rotatable bonds is 3. The van der Waals surface area contributed by atoms with Gasteiger partial charge in [0.2, 0.25) is 5.91 Å². The van der Waals surface area contributed by atoms with Gasteiger partial charge in [-0.05, 0) is 24.6 Å². The van der Waals surface area contributed by atoms with Crippen molar-refractivity contribution in [1.82, 2.24) is 15.0 Å². The Morgan fingerprint density at radius 3 is 2.94 bits per heavy atom. The average Bonchev–Trinajstić information content (AvgIpc) is 2.67. The van der Waals surface area contributed by atoms with Gasteiger partial charge < -0.3 is 10.7 Å². The van der Waals surface area contributed by atoms with Crippen LogP contribution >= 0.6 is 0 Å². The van der Waals surface area contributed by atoms with Crippen molar-refractivity contribution in [2.75, 3.05) is 7.05 Å². The minimum Gasteiger partial charge on any atom is -0.342 e. The van der Waals surface area contributed by atoms with Crippen LogP contribution in [0.4, 0.5) is 0 Å². The highest BCUT2D eigenvalue weighted by Gasteiger charge is 2.14. The predicted molar refractivity (Wildman–Crippen MR) is 69.3 cm³/mol. The number of nitrogens with zero attached hydrogens (tertiary/aromatic N) is 2. The number of hydrogen-bond donors (Lipinski definition) is 3. The third-order valence-electron chi connectivity index (χ3n) is 2.84. The van der Waals surface area contributed by atoms with Gasteiger partial charge in [-0.1, -0.05) is 6.07 Å². The van der Waals surface area contributed by atoms with Gasteiger partial charge in [-0.15, -0.1) is 0 Å². The first-order chi connectivity index (χ1) is 8.47. The van der Waals surface area contributed by atoms with E-state index < -0.39 is 0 Å². The molecule has 1 heterocycles. The number of nitrogens with two attached hydrogens (primary N) is 2. The molecule has 0 fully saturated rings. The van der Waals surface area contributed by atoms with Crippen LogP contribution in [0.5, 0.6) is 0 Å². The van der Waals surface area contributed by atoms with E-state index >= 15 is 0 Å². The smallest absolute Gasteiger partial charge is 0.238 e. The summed E-state index contributed by atoms with van der Waals surface area (Å²) in [7, 11) is 1.51. The topological polar surface area (TPSA) is 101 Å². The third kappa shape index (κ3) is 2.49. The average molecular weight is 247 g/mol. The Morgan fingerprint density at radius 1 is 1.56 bits per heavy atom. The first-order valence-electron chi connectivity index (χ1n) is 5.70. The lowest BCUT2D eigenvalue weighted by molar-refractivity contribution is -0.130. The summed E-state index contributed by atoms with van der Waals surface area (Å²) in [5.74, 6) is 6.03. The fourth-order valence-corrected chi connectivity index (χ4v) is 1.84. The van der Waals surface area contributed by atoms with E-state index in [1.807, 2.05) is 25.1 Å². The van der Waals surface area contributed by atoms with E-state index in [0.29, 0.717) is 0 Å². The van der Waals surface area contributed by atoms with Gasteiger partial charge in [0, 0.05) is 19.5 Å². The second kappa shape index (κ2) is 4.75. The molecule has 5 N–H and O–H groups in total. The second-order valence-electron chi connectivity index (χ2n) is 4.41. The van der Waals surface area contributed by atoms with E-state index in [-0.39, 0.29) is 18.4 Å². The first kappa shape index (κ1) is 12.5. The molecule has 0 radical (unpaired) electrons. The summed E-state index contributed by atoms with van der Waals surface area (Å²) in [4.78, 5) is 18.9. The van der Waals surface area contributed by atoms with E-state index in [9.17, 15) is 4.79 Å². The van der Waals surface area contributed by atoms with Gasteiger partial charge in [0.05, 0.1) is 11.0 Å². The Kier molecular flexibility index (Phi) is 3.31. The summed E-state index contributed by atoms with van der Waals surface area (Å²) < 4.78 is 0. The number of benzene rings is 1. The van der Waals surface area contributed by atoms with E-state index in [1.165, 1.54) is 7.05 Å². The number of fused-ring (bicyclic) bond motifs is 1. The molecule has 0 bridgehead atoms. The Balaban J connectivity index is 2.22. The van der Waals surface area contributed by atoms with Gasteiger partial charge in [-0.2, -0.15) is 0 Å². The molecule has 1 atom stereocenters. The number of hydrogen-bond acceptors (Lipinski definition) is 4. The summed E-state index contributed by atoms with van der Waals surface area (Å²) in [6, 6.07) is 5.34. The number of imidazole rings is 1. The molecule has 0 aliphatic heterocycles. The first-order valence-corrected chi connectivity index (χ1v) is 5.70. The van der Waals surface area contributed by atoms with Crippen LogP contribution in [0.25, 0.3) is 11.0 Å². The maximum Gasteiger partial charge on any atom is 0.238 e. The maximum absolute atomic E-state index is 11.5. The lowest BCUT2D eigenvalue weighted by Crippen LogP contribution is -2.35. The van der Waals surface area contributed by atoms with E-state index in [4.69, 9.17) is 11.6 Å². The molecule has 2 aromatic rings. The van der Waals surface area contributed by atoms with Crippen molar-refractivity contribution in [3.05, 3.63) is 29.6 Å². The number of aromatic nitrogens is 2. The summed E-state index contributed by atoms with van der Waals surface area (Å²) in [6.07, 6.45) is 0.186. The largest absolute Gasteiger partial charge is 0.342 e. The second-order valence-corrected chi connectivity index (χ2v) is 4.41. The molecule has 6 nitrogen and oxygen atoms in total. The number of amides is 1. The zero-order valence-corrected chi connectivity index (χ0v) is 10.5. The van der Waals surface area contributed by atoms with Gasteiger partial charge in [-0.3, -0.25) is 9.80 Å². The van der Waals surface area contributed by atoms with E-state index in [0.717, 1.165) is 27.4 Å². The van der Waals surface area contributed by atoms with Gasteiger partial charge in [-0.25, -0.2) is 10.8 Å². The molecular weight excluding hydrogens is 230 g/mol. The number of carbonyl (C=O) groups excluding carboxylic acids is 1. The highest BCUT2D eigenvalue weighted by atomic mass is 16.2. The molecular formula is C12H17N5O. The maximum atomic E-state index is 11.5. The van der Waals surface area contributed by atoms with Crippen molar-refractivity contribution >= 4 is 16.9 Å². The molecule has 0 aliphatic rings. The zero-order chi connectivity index (χ0) is 13.3. The van der Waals surface area contributed by atoms with Crippen molar-refractivity contribution in [3.63, 3.8) is 0 Å². The summed E-state index contributed by atoms with van der Waals surface area (Å²) >= 11 is 0. The Labute approximate surface area is 105 Å². The fraction of sp³-hybridized carbons (Fsp3) is 0.333. The lowest BCUT2D eigenvalue weighted by Gasteiger charge is -2.15. The Hall–Kier alpha value is -1.92. The van der Waals surface area contributed by atoms with Crippen molar-refractivity contribution < 1.29 is 4.79 Å². The number of aryl methyl sites for hydroxylation is 1. The molecule has 2 rings (SSSR count). The summed E-state index contributed by atoms with van der Waals surface area (Å²) in [5.41, 5.74) is 8.70. The lowest BCUT2D eigenvalue weighted by atomic mass is 10.0. The normalized spacial score (nSPS) is 12.7. The molecule has 0 spiro atoms. The minimum absolute atomic E-state index is 0.186. The van der Waals surface area contributed by atoms with Crippen LogP contribution in [0.3, 0.4) is 0 Å². The van der Waals surface area contributed by atoms with Crippen LogP contribution in [-0.4, -0.2) is 27.9 Å². The number of H-pyrrole nitrogens is 1. The van der Waals surface area contributed by atoms with Gasteiger partial charge in [0.25, 0.3) is 0 Å². The number of nitrogens with one attached hydrogen (secondary N) is 1. The van der Waals surface area contributed by atoms with Gasteiger partial charge in [0.1, 0.15) is 5.82 Å².